The van der Waals surface area contributed by atoms with Crippen LogP contribution in [0.5, 0.6) is 0 Å². The van der Waals surface area contributed by atoms with Gasteiger partial charge in [-0.1, -0.05) is 6.92 Å². The maximum absolute atomic E-state index is 4.68. The van der Waals surface area contributed by atoms with Crippen LogP contribution in [-0.2, 0) is 19.4 Å². The Balaban J connectivity index is 2.12. The summed E-state index contributed by atoms with van der Waals surface area (Å²) in [5.41, 5.74) is 4.70. The molecule has 17 heavy (non-hydrogen) atoms. The number of aromatic amines is 1. The third-order valence-electron chi connectivity index (χ3n) is 3.20. The number of nitrogens with zero attached hydrogens (tertiary/aromatic N) is 2. The van der Waals surface area contributed by atoms with Crippen LogP contribution in [0.15, 0.2) is 18.3 Å². The zero-order valence-electron chi connectivity index (χ0n) is 9.95. The molecule has 0 saturated carbocycles. The average molecular weight is 228 g/mol. The number of hydrogen-bond acceptors (Lipinski definition) is 3. The Kier molecular flexibility index (Phi) is 2.65. The summed E-state index contributed by atoms with van der Waals surface area (Å²) in [4.78, 5) is 12.5. The summed E-state index contributed by atoms with van der Waals surface area (Å²) in [7, 11) is 0. The van der Waals surface area contributed by atoms with E-state index in [9.17, 15) is 0 Å². The summed E-state index contributed by atoms with van der Waals surface area (Å²) in [5.74, 6) is 0.814. The molecule has 3 heterocycles. The predicted octanol–water partition coefficient (Wildman–Crippen LogP) is 1.68. The molecule has 0 atom stereocenters. The molecule has 0 aliphatic carbocycles. The fourth-order valence-corrected chi connectivity index (χ4v) is 2.32. The molecule has 0 spiro atoms. The Labute approximate surface area is 101 Å². The largest absolute Gasteiger partial charge is 0.359 e. The number of aryl methyl sites for hydroxylation is 1. The van der Waals surface area contributed by atoms with Crippen LogP contribution < -0.4 is 5.32 Å². The van der Waals surface area contributed by atoms with Gasteiger partial charge in [-0.15, -0.1) is 0 Å². The predicted molar refractivity (Wildman–Crippen MR) is 66.6 cm³/mol. The molecule has 2 aromatic heterocycles. The van der Waals surface area contributed by atoms with E-state index in [1.807, 2.05) is 18.3 Å². The van der Waals surface area contributed by atoms with Crippen molar-refractivity contribution in [1.82, 2.24) is 20.3 Å². The van der Waals surface area contributed by atoms with E-state index in [0.29, 0.717) is 0 Å². The molecule has 3 rings (SSSR count). The number of H-pyrrole nitrogens is 1. The lowest BCUT2D eigenvalue weighted by Crippen LogP contribution is -2.26. The molecule has 0 bridgehead atoms. The van der Waals surface area contributed by atoms with Gasteiger partial charge in [-0.05, 0) is 37.1 Å². The molecule has 1 aliphatic heterocycles. The van der Waals surface area contributed by atoms with E-state index < -0.39 is 0 Å². The van der Waals surface area contributed by atoms with Crippen molar-refractivity contribution in [3.63, 3.8) is 0 Å². The fraction of sp³-hybridized carbons (Fsp3) is 0.385. The van der Waals surface area contributed by atoms with Crippen LogP contribution in [0.2, 0.25) is 0 Å². The van der Waals surface area contributed by atoms with Crippen molar-refractivity contribution >= 4 is 0 Å². The minimum absolute atomic E-state index is 0.814. The van der Waals surface area contributed by atoms with Gasteiger partial charge in [0.25, 0.3) is 0 Å². The van der Waals surface area contributed by atoms with Gasteiger partial charge in [0.15, 0.2) is 5.82 Å². The Morgan fingerprint density at radius 3 is 3.06 bits per heavy atom. The van der Waals surface area contributed by atoms with Crippen molar-refractivity contribution in [1.29, 1.82) is 0 Å². The Bertz CT molecular complexity index is 499. The SMILES string of the molecule is CCc1nc(-c2ccc[nH]2)nc2c1CCNC2. The first-order valence-corrected chi connectivity index (χ1v) is 6.11. The van der Waals surface area contributed by atoms with Crippen molar-refractivity contribution in [2.24, 2.45) is 0 Å². The van der Waals surface area contributed by atoms with E-state index in [2.05, 4.69) is 27.2 Å². The van der Waals surface area contributed by atoms with Gasteiger partial charge in [-0.25, -0.2) is 9.97 Å². The summed E-state index contributed by atoms with van der Waals surface area (Å²) in [6.45, 7) is 4.05. The minimum atomic E-state index is 0.814. The third kappa shape index (κ3) is 1.85. The van der Waals surface area contributed by atoms with Gasteiger partial charge < -0.3 is 10.3 Å². The number of nitrogens with one attached hydrogen (secondary N) is 2. The summed E-state index contributed by atoms with van der Waals surface area (Å²) in [6.07, 6.45) is 3.92. The second-order valence-corrected chi connectivity index (χ2v) is 4.28. The molecular weight excluding hydrogens is 212 g/mol. The average Bonchev–Trinajstić information content (AvgIpc) is 2.91. The van der Waals surface area contributed by atoms with Crippen LogP contribution in [0.3, 0.4) is 0 Å². The molecule has 88 valence electrons. The molecule has 1 aliphatic rings. The van der Waals surface area contributed by atoms with Gasteiger partial charge in [0.2, 0.25) is 0 Å². The van der Waals surface area contributed by atoms with Gasteiger partial charge in [0, 0.05) is 18.4 Å². The first-order valence-electron chi connectivity index (χ1n) is 6.11. The molecule has 0 saturated heterocycles. The maximum atomic E-state index is 4.68. The summed E-state index contributed by atoms with van der Waals surface area (Å²) in [6, 6.07) is 3.99. The van der Waals surface area contributed by atoms with Gasteiger partial charge in [0.1, 0.15) is 0 Å². The number of aromatic nitrogens is 3. The molecule has 0 fully saturated rings. The van der Waals surface area contributed by atoms with E-state index in [1.165, 1.54) is 11.3 Å². The standard InChI is InChI=1S/C13H16N4/c1-2-10-9-5-7-14-8-12(9)17-13(16-10)11-4-3-6-15-11/h3-4,6,14-15H,2,5,7-8H2,1H3. The van der Waals surface area contributed by atoms with Gasteiger partial charge in [-0.3, -0.25) is 0 Å². The molecule has 0 amide bonds. The smallest absolute Gasteiger partial charge is 0.176 e. The van der Waals surface area contributed by atoms with Gasteiger partial charge in [0.05, 0.1) is 11.4 Å². The topological polar surface area (TPSA) is 53.6 Å². The lowest BCUT2D eigenvalue weighted by molar-refractivity contribution is 0.617. The second kappa shape index (κ2) is 4.30. The van der Waals surface area contributed by atoms with Crippen molar-refractivity contribution in [2.45, 2.75) is 26.3 Å². The molecule has 0 radical (unpaired) electrons. The van der Waals surface area contributed by atoms with Crippen LogP contribution in [0.1, 0.15) is 23.9 Å². The van der Waals surface area contributed by atoms with Crippen LogP contribution in [0.4, 0.5) is 0 Å². The zero-order valence-corrected chi connectivity index (χ0v) is 9.95. The fourth-order valence-electron chi connectivity index (χ4n) is 2.32. The monoisotopic (exact) mass is 228 g/mol. The first kappa shape index (κ1) is 10.5. The second-order valence-electron chi connectivity index (χ2n) is 4.28. The molecular formula is C13H16N4. The highest BCUT2D eigenvalue weighted by atomic mass is 15.0. The maximum Gasteiger partial charge on any atom is 0.176 e. The van der Waals surface area contributed by atoms with Crippen LogP contribution in [-0.4, -0.2) is 21.5 Å². The minimum Gasteiger partial charge on any atom is -0.359 e. The van der Waals surface area contributed by atoms with E-state index >= 15 is 0 Å². The Hall–Kier alpha value is -1.68. The third-order valence-corrected chi connectivity index (χ3v) is 3.20. The summed E-state index contributed by atoms with van der Waals surface area (Å²) >= 11 is 0. The summed E-state index contributed by atoms with van der Waals surface area (Å²) in [5, 5.41) is 3.36. The molecule has 4 heteroatoms. The number of fused-ring (bicyclic) bond motifs is 1. The van der Waals surface area contributed by atoms with E-state index in [0.717, 1.165) is 43.1 Å². The Morgan fingerprint density at radius 2 is 2.29 bits per heavy atom. The molecule has 0 aromatic carbocycles. The van der Waals surface area contributed by atoms with Crippen LogP contribution in [0, 0.1) is 0 Å². The van der Waals surface area contributed by atoms with Crippen molar-refractivity contribution in [2.75, 3.05) is 6.54 Å². The molecule has 4 nitrogen and oxygen atoms in total. The molecule has 2 aromatic rings. The highest BCUT2D eigenvalue weighted by Crippen LogP contribution is 2.20. The lowest BCUT2D eigenvalue weighted by atomic mass is 10.0. The highest BCUT2D eigenvalue weighted by Gasteiger charge is 2.17. The van der Waals surface area contributed by atoms with Gasteiger partial charge in [-0.2, -0.15) is 0 Å². The highest BCUT2D eigenvalue weighted by molar-refractivity contribution is 5.51. The van der Waals surface area contributed by atoms with Crippen LogP contribution >= 0.6 is 0 Å². The molecule has 2 N–H and O–H groups in total. The van der Waals surface area contributed by atoms with Gasteiger partial charge >= 0.3 is 0 Å². The lowest BCUT2D eigenvalue weighted by Gasteiger charge is -2.19. The zero-order chi connectivity index (χ0) is 11.7. The van der Waals surface area contributed by atoms with E-state index in [-0.39, 0.29) is 0 Å². The Morgan fingerprint density at radius 1 is 1.35 bits per heavy atom. The first-order chi connectivity index (χ1) is 8.38. The number of rotatable bonds is 2. The van der Waals surface area contributed by atoms with Crippen molar-refractivity contribution in [3.8, 4) is 11.5 Å². The summed E-state index contributed by atoms with van der Waals surface area (Å²) < 4.78 is 0. The van der Waals surface area contributed by atoms with Crippen molar-refractivity contribution < 1.29 is 0 Å². The number of hydrogen-bond donors (Lipinski definition) is 2. The normalized spacial score (nSPS) is 14.6. The van der Waals surface area contributed by atoms with E-state index in [4.69, 9.17) is 0 Å². The van der Waals surface area contributed by atoms with E-state index in [1.54, 1.807) is 0 Å². The van der Waals surface area contributed by atoms with Crippen LogP contribution in [0.25, 0.3) is 11.5 Å². The quantitative estimate of drug-likeness (QED) is 0.822. The van der Waals surface area contributed by atoms with Crippen molar-refractivity contribution in [3.05, 3.63) is 35.3 Å². The molecule has 0 unspecified atom stereocenters.